The number of hydrogen-bond donors (Lipinski definition) is 1. The number of fused-ring (bicyclic) bond motifs is 2. The normalized spacial score (nSPS) is 20.8. The first-order valence-electron chi connectivity index (χ1n) is 12.6. The monoisotopic (exact) mass is 509 g/mol. The molecule has 1 N–H and O–H groups in total. The van der Waals surface area contributed by atoms with Crippen LogP contribution in [0.2, 0.25) is 0 Å². The fourth-order valence-electron chi connectivity index (χ4n) is 5.29. The lowest BCUT2D eigenvalue weighted by molar-refractivity contribution is -0.286. The molecule has 5 heterocycles. The van der Waals surface area contributed by atoms with Crippen molar-refractivity contribution in [1.29, 1.82) is 0 Å². The minimum atomic E-state index is -3.66. The van der Waals surface area contributed by atoms with E-state index in [1.807, 2.05) is 6.20 Å². The number of benzene rings is 1. The Morgan fingerprint density at radius 1 is 1.11 bits per heavy atom. The van der Waals surface area contributed by atoms with Gasteiger partial charge in [0.2, 0.25) is 0 Å². The number of thiophene rings is 1. The van der Waals surface area contributed by atoms with E-state index in [0.29, 0.717) is 17.3 Å². The summed E-state index contributed by atoms with van der Waals surface area (Å²) in [5, 5.41) is 0.848. The SMILES string of the molecule is CC1CCCCN(C(C)c2ccc(-c3cnc4[nH]cc(-c5cccc6c5OC(F)(F)O6)c4c3)s2)CC1. The van der Waals surface area contributed by atoms with Crippen molar-refractivity contribution in [3.05, 3.63) is 53.7 Å². The molecule has 0 radical (unpaired) electrons. The Morgan fingerprint density at radius 2 is 2.00 bits per heavy atom. The molecule has 6 rings (SSSR count). The number of H-pyrrole nitrogens is 1. The van der Waals surface area contributed by atoms with Gasteiger partial charge in [-0.3, -0.25) is 4.90 Å². The highest BCUT2D eigenvalue weighted by Gasteiger charge is 2.44. The average Bonchev–Trinajstić information content (AvgIpc) is 3.56. The van der Waals surface area contributed by atoms with Gasteiger partial charge in [0.25, 0.3) is 0 Å². The Bertz CT molecular complexity index is 1400. The number of alkyl halides is 2. The number of nitrogens with one attached hydrogen (secondary N) is 1. The molecule has 4 aromatic rings. The number of pyridine rings is 1. The average molecular weight is 510 g/mol. The molecular formula is C28H29F2N3O2S. The van der Waals surface area contributed by atoms with E-state index in [0.717, 1.165) is 40.4 Å². The minimum absolute atomic E-state index is 0.0338. The molecule has 3 aromatic heterocycles. The molecule has 2 aliphatic heterocycles. The van der Waals surface area contributed by atoms with Gasteiger partial charge in [-0.1, -0.05) is 31.9 Å². The highest BCUT2D eigenvalue weighted by Crippen LogP contribution is 2.48. The summed E-state index contributed by atoms with van der Waals surface area (Å²) in [6, 6.07) is 11.8. The lowest BCUT2D eigenvalue weighted by Gasteiger charge is -2.31. The van der Waals surface area contributed by atoms with Crippen LogP contribution in [0.4, 0.5) is 8.78 Å². The van der Waals surface area contributed by atoms with Crippen LogP contribution in [0.5, 0.6) is 11.5 Å². The first-order chi connectivity index (χ1) is 17.4. The topological polar surface area (TPSA) is 50.4 Å². The quantitative estimate of drug-likeness (QED) is 0.304. The van der Waals surface area contributed by atoms with Crippen LogP contribution in [0.1, 0.15) is 50.4 Å². The summed E-state index contributed by atoms with van der Waals surface area (Å²) in [5.41, 5.74) is 2.99. The van der Waals surface area contributed by atoms with Crippen molar-refractivity contribution in [2.24, 2.45) is 5.92 Å². The number of nitrogens with zero attached hydrogens (tertiary/aromatic N) is 2. The van der Waals surface area contributed by atoms with Crippen molar-refractivity contribution in [1.82, 2.24) is 14.9 Å². The Kier molecular flexibility index (Phi) is 5.96. The number of likely N-dealkylation sites (tertiary alicyclic amines) is 1. The van der Waals surface area contributed by atoms with Gasteiger partial charge in [0.05, 0.1) is 0 Å². The summed E-state index contributed by atoms with van der Waals surface area (Å²) in [7, 11) is 0. The number of aromatic amines is 1. The summed E-state index contributed by atoms with van der Waals surface area (Å²) >= 11 is 1.80. The van der Waals surface area contributed by atoms with Crippen molar-refractivity contribution in [3.63, 3.8) is 0 Å². The van der Waals surface area contributed by atoms with Crippen molar-refractivity contribution in [2.75, 3.05) is 13.1 Å². The maximum atomic E-state index is 13.8. The third-order valence-corrected chi connectivity index (χ3v) is 8.73. The molecule has 8 heteroatoms. The van der Waals surface area contributed by atoms with E-state index < -0.39 is 6.29 Å². The van der Waals surface area contributed by atoms with Crippen LogP contribution in [0.3, 0.4) is 0 Å². The molecule has 0 spiro atoms. The number of rotatable bonds is 4. The predicted molar refractivity (Wildman–Crippen MR) is 139 cm³/mol. The molecule has 0 aliphatic carbocycles. The van der Waals surface area contributed by atoms with Gasteiger partial charge in [0, 0.05) is 50.3 Å². The number of halogens is 2. The number of hydrogen-bond acceptors (Lipinski definition) is 5. The molecule has 2 unspecified atom stereocenters. The van der Waals surface area contributed by atoms with Gasteiger partial charge in [-0.15, -0.1) is 20.1 Å². The zero-order chi connectivity index (χ0) is 24.9. The number of aromatic nitrogens is 2. The lowest BCUT2D eigenvalue weighted by Crippen LogP contribution is -2.31. The fourth-order valence-corrected chi connectivity index (χ4v) is 6.37. The number of para-hydroxylation sites is 1. The molecule has 5 nitrogen and oxygen atoms in total. The molecule has 1 fully saturated rings. The van der Waals surface area contributed by atoms with Gasteiger partial charge in [-0.2, -0.15) is 0 Å². The molecule has 0 amide bonds. The Labute approximate surface area is 213 Å². The zero-order valence-electron chi connectivity index (χ0n) is 20.4. The van der Waals surface area contributed by atoms with Crippen LogP contribution in [-0.4, -0.2) is 34.3 Å². The van der Waals surface area contributed by atoms with E-state index in [9.17, 15) is 8.78 Å². The minimum Gasteiger partial charge on any atom is -0.395 e. The van der Waals surface area contributed by atoms with E-state index in [-0.39, 0.29) is 11.5 Å². The van der Waals surface area contributed by atoms with Crippen LogP contribution in [0.25, 0.3) is 32.6 Å². The first kappa shape index (κ1) is 23.4. The number of ether oxygens (including phenoxy) is 2. The van der Waals surface area contributed by atoms with E-state index in [1.54, 1.807) is 29.7 Å². The summed E-state index contributed by atoms with van der Waals surface area (Å²) in [6.07, 6.45) is 5.14. The Morgan fingerprint density at radius 3 is 2.89 bits per heavy atom. The Balaban J connectivity index is 1.30. The molecule has 1 aromatic carbocycles. The summed E-state index contributed by atoms with van der Waals surface area (Å²) in [4.78, 5) is 12.9. The molecule has 36 heavy (non-hydrogen) atoms. The van der Waals surface area contributed by atoms with E-state index in [2.05, 4.69) is 51.7 Å². The second-order valence-electron chi connectivity index (χ2n) is 9.93. The maximum Gasteiger partial charge on any atom is 0.586 e. The lowest BCUT2D eigenvalue weighted by atomic mass is 9.97. The van der Waals surface area contributed by atoms with Gasteiger partial charge in [-0.25, -0.2) is 4.98 Å². The molecule has 0 saturated carbocycles. The highest BCUT2D eigenvalue weighted by atomic mass is 32.1. The smallest absolute Gasteiger partial charge is 0.395 e. The molecule has 188 valence electrons. The molecule has 2 aliphatic rings. The van der Waals surface area contributed by atoms with Gasteiger partial charge >= 0.3 is 6.29 Å². The van der Waals surface area contributed by atoms with Crippen molar-refractivity contribution >= 4 is 22.4 Å². The van der Waals surface area contributed by atoms with Crippen LogP contribution in [0.15, 0.2) is 48.8 Å². The summed E-state index contributed by atoms with van der Waals surface area (Å²) < 4.78 is 37.0. The second-order valence-corrected chi connectivity index (χ2v) is 11.0. The third-order valence-electron chi connectivity index (χ3n) is 7.42. The summed E-state index contributed by atoms with van der Waals surface area (Å²) in [5.74, 6) is 0.872. The predicted octanol–water partition coefficient (Wildman–Crippen LogP) is 7.85. The first-order valence-corrected chi connectivity index (χ1v) is 13.4. The maximum absolute atomic E-state index is 13.8. The van der Waals surface area contributed by atoms with E-state index >= 15 is 0 Å². The van der Waals surface area contributed by atoms with Gasteiger partial charge in [-0.05, 0) is 63.0 Å². The highest BCUT2D eigenvalue weighted by molar-refractivity contribution is 7.15. The van der Waals surface area contributed by atoms with Crippen LogP contribution in [0, 0.1) is 5.92 Å². The standard InChI is InChI=1S/C28H29F2N3O2S/c1-17-6-3-4-12-33(13-11-17)18(2)24-9-10-25(36-24)19-14-21-22(16-32-27(21)31-15-19)20-7-5-8-23-26(20)35-28(29,30)34-23/h5,7-10,14-18H,3-4,6,11-13H2,1-2H3,(H,31,32). The zero-order valence-corrected chi connectivity index (χ0v) is 21.2. The van der Waals surface area contributed by atoms with Crippen molar-refractivity contribution in [3.8, 4) is 33.1 Å². The molecular weight excluding hydrogens is 480 g/mol. The largest absolute Gasteiger partial charge is 0.586 e. The Hall–Kier alpha value is -2.97. The second kappa shape index (κ2) is 9.16. The molecule has 2 atom stereocenters. The molecule has 1 saturated heterocycles. The van der Waals surface area contributed by atoms with Crippen molar-refractivity contribution in [2.45, 2.75) is 51.9 Å². The third kappa shape index (κ3) is 4.37. The van der Waals surface area contributed by atoms with Crippen LogP contribution < -0.4 is 9.47 Å². The molecule has 0 bridgehead atoms. The van der Waals surface area contributed by atoms with Crippen LogP contribution in [-0.2, 0) is 0 Å². The van der Waals surface area contributed by atoms with Gasteiger partial charge < -0.3 is 14.5 Å². The van der Waals surface area contributed by atoms with Gasteiger partial charge in [0.15, 0.2) is 11.5 Å². The van der Waals surface area contributed by atoms with Crippen molar-refractivity contribution < 1.29 is 18.3 Å². The summed E-state index contributed by atoms with van der Waals surface area (Å²) in [6.45, 7) is 6.96. The van der Waals surface area contributed by atoms with Crippen LogP contribution >= 0.6 is 11.3 Å². The van der Waals surface area contributed by atoms with Gasteiger partial charge in [0.1, 0.15) is 5.65 Å². The van der Waals surface area contributed by atoms with E-state index in [4.69, 9.17) is 4.74 Å². The fraction of sp³-hybridized carbons (Fsp3) is 0.393. The van der Waals surface area contributed by atoms with E-state index in [1.165, 1.54) is 36.6 Å².